The molecular weight excluding hydrogens is 354 g/mol. The number of likely N-dealkylation sites (N-methyl/N-ethyl adjacent to an activating group) is 1. The Labute approximate surface area is 155 Å². The van der Waals surface area contributed by atoms with E-state index in [2.05, 4.69) is 39.2 Å². The van der Waals surface area contributed by atoms with Crippen LogP contribution < -0.4 is 21.7 Å². The van der Waals surface area contributed by atoms with Crippen LogP contribution >= 0.6 is 11.3 Å². The molecule has 10 heteroatoms. The first-order valence-corrected chi connectivity index (χ1v) is 8.90. The van der Waals surface area contributed by atoms with Gasteiger partial charge in [0, 0.05) is 42.0 Å². The Morgan fingerprint density at radius 2 is 2.00 bits per heavy atom. The topological polar surface area (TPSA) is 130 Å². The molecule has 0 radical (unpaired) electrons. The van der Waals surface area contributed by atoms with Gasteiger partial charge in [-0.05, 0) is 26.6 Å². The molecule has 1 fully saturated rings. The van der Waals surface area contributed by atoms with Crippen LogP contribution in [0.2, 0.25) is 0 Å². The Bertz CT molecular complexity index is 819. The minimum absolute atomic E-state index is 0.209. The van der Waals surface area contributed by atoms with E-state index in [-0.39, 0.29) is 5.56 Å². The number of thiophene rings is 1. The summed E-state index contributed by atoms with van der Waals surface area (Å²) >= 11 is 1.20. The van der Waals surface area contributed by atoms with Gasteiger partial charge in [0.05, 0.1) is 5.56 Å². The zero-order chi connectivity index (χ0) is 18.8. The molecule has 1 aliphatic rings. The number of rotatable bonds is 5. The standard InChI is InChI=1S/C16H21N7O2S/c1-22(2)10-3-4-23(8-10)16-19-6-9(7-20-16)12-5-11(13(17)24)14(26-12)21-15(18)25/h5-7,10H,3-4,8H2,1-2H3,(H2,17,24)(H3,18,21,25). The zero-order valence-electron chi connectivity index (χ0n) is 14.6. The molecule has 1 aliphatic heterocycles. The van der Waals surface area contributed by atoms with E-state index in [9.17, 15) is 9.59 Å². The second-order valence-electron chi connectivity index (χ2n) is 6.33. The molecule has 0 spiro atoms. The van der Waals surface area contributed by atoms with Crippen molar-refractivity contribution in [2.24, 2.45) is 11.5 Å². The fourth-order valence-electron chi connectivity index (χ4n) is 2.88. The van der Waals surface area contributed by atoms with Crippen LogP contribution in [0.15, 0.2) is 18.5 Å². The summed E-state index contributed by atoms with van der Waals surface area (Å²) in [5, 5.41) is 2.74. The van der Waals surface area contributed by atoms with E-state index in [0.29, 0.717) is 17.0 Å². The summed E-state index contributed by atoms with van der Waals surface area (Å²) in [4.78, 5) is 36.6. The highest BCUT2D eigenvalue weighted by Crippen LogP contribution is 2.35. The number of nitrogens with two attached hydrogens (primary N) is 2. The van der Waals surface area contributed by atoms with Crippen LogP contribution in [0.4, 0.5) is 15.7 Å². The number of amides is 3. The molecule has 26 heavy (non-hydrogen) atoms. The molecule has 0 bridgehead atoms. The van der Waals surface area contributed by atoms with E-state index in [1.165, 1.54) is 11.3 Å². The minimum atomic E-state index is -0.753. The van der Waals surface area contributed by atoms with E-state index >= 15 is 0 Å². The van der Waals surface area contributed by atoms with Gasteiger partial charge in [0.25, 0.3) is 5.91 Å². The molecule has 0 aliphatic carbocycles. The Hall–Kier alpha value is -2.72. The van der Waals surface area contributed by atoms with Gasteiger partial charge in [-0.15, -0.1) is 11.3 Å². The molecule has 3 rings (SSSR count). The van der Waals surface area contributed by atoms with E-state index in [1.807, 2.05) is 0 Å². The fourth-order valence-corrected chi connectivity index (χ4v) is 3.92. The first kappa shape index (κ1) is 18.1. The Balaban J connectivity index is 1.81. The van der Waals surface area contributed by atoms with E-state index < -0.39 is 11.9 Å². The van der Waals surface area contributed by atoms with Crippen molar-refractivity contribution < 1.29 is 9.59 Å². The van der Waals surface area contributed by atoms with Crippen LogP contribution in [0.5, 0.6) is 0 Å². The van der Waals surface area contributed by atoms with Crippen molar-refractivity contribution in [3.05, 3.63) is 24.0 Å². The molecule has 0 saturated carbocycles. The maximum Gasteiger partial charge on any atom is 0.317 e. The predicted molar refractivity (Wildman–Crippen MR) is 101 cm³/mol. The largest absolute Gasteiger partial charge is 0.366 e. The average molecular weight is 375 g/mol. The summed E-state index contributed by atoms with van der Waals surface area (Å²) in [5.74, 6) is 0.0425. The van der Waals surface area contributed by atoms with E-state index in [0.717, 1.165) is 30.0 Å². The van der Waals surface area contributed by atoms with E-state index in [4.69, 9.17) is 11.5 Å². The van der Waals surface area contributed by atoms with Crippen molar-refractivity contribution in [2.45, 2.75) is 12.5 Å². The monoisotopic (exact) mass is 375 g/mol. The summed E-state index contributed by atoms with van der Waals surface area (Å²) in [6, 6.07) is 1.35. The summed E-state index contributed by atoms with van der Waals surface area (Å²) in [7, 11) is 4.14. The van der Waals surface area contributed by atoms with Gasteiger partial charge in [-0.2, -0.15) is 0 Å². The molecule has 9 nitrogen and oxygen atoms in total. The number of primary amides is 2. The Kier molecular flexibility index (Phi) is 5.05. The highest BCUT2D eigenvalue weighted by atomic mass is 32.1. The van der Waals surface area contributed by atoms with Gasteiger partial charge in [0.2, 0.25) is 5.95 Å². The quantitative estimate of drug-likeness (QED) is 0.713. The Morgan fingerprint density at radius 3 is 2.54 bits per heavy atom. The first-order valence-electron chi connectivity index (χ1n) is 8.09. The van der Waals surface area contributed by atoms with Crippen molar-refractivity contribution in [2.75, 3.05) is 37.4 Å². The molecular formula is C16H21N7O2S. The van der Waals surface area contributed by atoms with Crippen molar-refractivity contribution in [3.63, 3.8) is 0 Å². The third kappa shape index (κ3) is 3.75. The zero-order valence-corrected chi connectivity index (χ0v) is 15.4. The van der Waals surface area contributed by atoms with Crippen LogP contribution in [-0.4, -0.2) is 60.0 Å². The van der Waals surface area contributed by atoms with Crippen LogP contribution in [0.1, 0.15) is 16.8 Å². The van der Waals surface area contributed by atoms with E-state index in [1.54, 1.807) is 18.5 Å². The van der Waals surface area contributed by atoms with Crippen LogP contribution in [-0.2, 0) is 0 Å². The van der Waals surface area contributed by atoms with Gasteiger partial charge in [-0.25, -0.2) is 14.8 Å². The third-order valence-electron chi connectivity index (χ3n) is 4.33. The molecule has 1 saturated heterocycles. The number of urea groups is 1. The highest BCUT2D eigenvalue weighted by Gasteiger charge is 2.25. The SMILES string of the molecule is CN(C)C1CCN(c2ncc(-c3cc(C(N)=O)c(NC(N)=O)s3)cn2)C1. The molecule has 1 atom stereocenters. The molecule has 3 heterocycles. The normalized spacial score (nSPS) is 16.9. The summed E-state index contributed by atoms with van der Waals surface area (Å²) < 4.78 is 0. The number of carbonyl (C=O) groups excluding carboxylic acids is 2. The lowest BCUT2D eigenvalue weighted by molar-refractivity contribution is 0.100. The van der Waals surface area contributed by atoms with Crippen molar-refractivity contribution >= 4 is 34.2 Å². The summed E-state index contributed by atoms with van der Waals surface area (Å²) in [6.07, 6.45) is 4.49. The molecule has 5 N–H and O–H groups in total. The van der Waals surface area contributed by atoms with Crippen molar-refractivity contribution in [1.29, 1.82) is 0 Å². The first-order chi connectivity index (χ1) is 12.3. The molecule has 1 unspecified atom stereocenters. The van der Waals surface area contributed by atoms with Gasteiger partial charge < -0.3 is 21.3 Å². The van der Waals surface area contributed by atoms with Crippen LogP contribution in [0, 0.1) is 0 Å². The minimum Gasteiger partial charge on any atom is -0.366 e. The van der Waals surface area contributed by atoms with Crippen molar-refractivity contribution in [1.82, 2.24) is 14.9 Å². The summed E-state index contributed by atoms with van der Waals surface area (Å²) in [5.41, 5.74) is 11.4. The average Bonchev–Trinajstić information content (AvgIpc) is 3.21. The molecule has 2 aromatic rings. The van der Waals surface area contributed by atoms with Gasteiger partial charge in [0.1, 0.15) is 5.00 Å². The van der Waals surface area contributed by atoms with Crippen molar-refractivity contribution in [3.8, 4) is 10.4 Å². The molecule has 138 valence electrons. The second-order valence-corrected chi connectivity index (χ2v) is 7.38. The van der Waals surface area contributed by atoms with Gasteiger partial charge in [-0.1, -0.05) is 0 Å². The molecule has 2 aromatic heterocycles. The molecule has 3 amide bonds. The number of hydrogen-bond acceptors (Lipinski definition) is 7. The summed E-state index contributed by atoms with van der Waals surface area (Å²) in [6.45, 7) is 1.81. The number of hydrogen-bond donors (Lipinski definition) is 3. The Morgan fingerprint density at radius 1 is 1.31 bits per heavy atom. The number of aromatic nitrogens is 2. The predicted octanol–water partition coefficient (Wildman–Crippen LogP) is 0.935. The lowest BCUT2D eigenvalue weighted by atomic mass is 10.2. The number of nitrogens with one attached hydrogen (secondary N) is 1. The maximum atomic E-state index is 11.6. The lowest BCUT2D eigenvalue weighted by Crippen LogP contribution is -2.32. The highest BCUT2D eigenvalue weighted by molar-refractivity contribution is 7.20. The fraction of sp³-hybridized carbons (Fsp3) is 0.375. The number of nitrogens with zero attached hydrogens (tertiary/aromatic N) is 4. The van der Waals surface area contributed by atoms with Crippen LogP contribution in [0.3, 0.4) is 0 Å². The lowest BCUT2D eigenvalue weighted by Gasteiger charge is -2.20. The third-order valence-corrected chi connectivity index (χ3v) is 5.43. The van der Waals surface area contributed by atoms with Gasteiger partial charge >= 0.3 is 6.03 Å². The van der Waals surface area contributed by atoms with Gasteiger partial charge in [0.15, 0.2) is 0 Å². The number of anilines is 2. The smallest absolute Gasteiger partial charge is 0.317 e. The maximum absolute atomic E-state index is 11.6. The second kappa shape index (κ2) is 7.26. The van der Waals surface area contributed by atoms with Gasteiger partial charge in [-0.3, -0.25) is 10.1 Å². The van der Waals surface area contributed by atoms with Crippen LogP contribution in [0.25, 0.3) is 10.4 Å². The number of carbonyl (C=O) groups is 2. The molecule has 0 aromatic carbocycles.